The first-order valence-electron chi connectivity index (χ1n) is 8.18. The molecule has 2 aliphatic heterocycles. The molecule has 5 heteroatoms. The maximum atomic E-state index is 12.0. The Hall–Kier alpha value is -1.20. The van der Waals surface area contributed by atoms with E-state index in [-0.39, 0.29) is 5.91 Å². The molecule has 2 fully saturated rings. The lowest BCUT2D eigenvalue weighted by Crippen LogP contribution is -2.42. The van der Waals surface area contributed by atoms with E-state index in [0.29, 0.717) is 12.5 Å². The van der Waals surface area contributed by atoms with Gasteiger partial charge >= 0.3 is 0 Å². The lowest BCUT2D eigenvalue weighted by molar-refractivity contribution is -0.122. The van der Waals surface area contributed by atoms with Crippen LogP contribution in [0.5, 0.6) is 0 Å². The van der Waals surface area contributed by atoms with Crippen LogP contribution in [-0.4, -0.2) is 61.6 Å². The van der Waals surface area contributed by atoms with Crippen molar-refractivity contribution in [2.45, 2.75) is 6.42 Å². The Kier molecular flexibility index (Phi) is 5.62. The number of hydrogen-bond donors (Lipinski definition) is 1. The van der Waals surface area contributed by atoms with E-state index in [2.05, 4.69) is 45.4 Å². The van der Waals surface area contributed by atoms with Gasteiger partial charge in [-0.25, -0.2) is 0 Å². The number of amides is 1. The topological polar surface area (TPSA) is 35.6 Å². The molecule has 0 aromatic heterocycles. The summed E-state index contributed by atoms with van der Waals surface area (Å²) in [6.07, 6.45) is 1.16. The molecule has 2 aliphatic rings. The minimum atomic E-state index is 0.185. The Labute approximate surface area is 137 Å². The van der Waals surface area contributed by atoms with Gasteiger partial charge in [0.2, 0.25) is 5.91 Å². The Morgan fingerprint density at radius 1 is 1.18 bits per heavy atom. The second-order valence-corrected chi connectivity index (χ2v) is 7.35. The van der Waals surface area contributed by atoms with Gasteiger partial charge in [0.15, 0.2) is 0 Å². The van der Waals surface area contributed by atoms with Gasteiger partial charge in [-0.15, -0.1) is 0 Å². The fourth-order valence-electron chi connectivity index (χ4n) is 3.15. The fourth-order valence-corrected chi connectivity index (χ4v) is 4.13. The molecule has 4 nitrogen and oxygen atoms in total. The van der Waals surface area contributed by atoms with E-state index in [1.54, 1.807) is 0 Å². The maximum absolute atomic E-state index is 12.0. The molecule has 120 valence electrons. The normalized spacial score (nSPS) is 22.7. The highest BCUT2D eigenvalue weighted by Crippen LogP contribution is 2.22. The summed E-state index contributed by atoms with van der Waals surface area (Å²) in [6, 6.07) is 10.5. The Bertz CT molecular complexity index is 476. The molecule has 0 bridgehead atoms. The molecule has 2 heterocycles. The van der Waals surface area contributed by atoms with Crippen LogP contribution >= 0.6 is 11.8 Å². The van der Waals surface area contributed by atoms with Crippen molar-refractivity contribution >= 4 is 23.4 Å². The standard InChI is InChI=1S/C17H25N3OS/c21-17(14-19-8-10-22-11-9-19)18-12-15-6-7-20(13-15)16-4-2-1-3-5-16/h1-5,15H,6-14H2,(H,18,21). The van der Waals surface area contributed by atoms with Gasteiger partial charge in [0.1, 0.15) is 0 Å². The summed E-state index contributed by atoms with van der Waals surface area (Å²) in [7, 11) is 0. The van der Waals surface area contributed by atoms with E-state index in [0.717, 1.165) is 50.7 Å². The lowest BCUT2D eigenvalue weighted by Gasteiger charge is -2.25. The number of carbonyl (C=O) groups is 1. The number of thioether (sulfide) groups is 1. The third kappa shape index (κ3) is 4.40. The quantitative estimate of drug-likeness (QED) is 0.896. The zero-order chi connectivity index (χ0) is 15.2. The van der Waals surface area contributed by atoms with Crippen LogP contribution in [0.15, 0.2) is 30.3 Å². The van der Waals surface area contributed by atoms with Crippen LogP contribution in [-0.2, 0) is 4.79 Å². The second-order valence-electron chi connectivity index (χ2n) is 6.13. The molecule has 1 atom stereocenters. The van der Waals surface area contributed by atoms with E-state index >= 15 is 0 Å². The Balaban J connectivity index is 1.38. The first-order chi connectivity index (χ1) is 10.8. The van der Waals surface area contributed by atoms with E-state index in [1.165, 1.54) is 5.69 Å². The molecule has 1 amide bonds. The summed E-state index contributed by atoms with van der Waals surface area (Å²) in [5.41, 5.74) is 1.29. The molecule has 2 saturated heterocycles. The minimum absolute atomic E-state index is 0.185. The number of rotatable bonds is 5. The molecule has 1 N–H and O–H groups in total. The van der Waals surface area contributed by atoms with Crippen LogP contribution in [0.2, 0.25) is 0 Å². The molecule has 3 rings (SSSR count). The molecule has 1 aromatic rings. The number of nitrogens with zero attached hydrogens (tertiary/aromatic N) is 2. The summed E-state index contributed by atoms with van der Waals surface area (Å²) in [5, 5.41) is 3.13. The van der Waals surface area contributed by atoms with Gasteiger partial charge in [-0.2, -0.15) is 11.8 Å². The van der Waals surface area contributed by atoms with E-state index < -0.39 is 0 Å². The molecular formula is C17H25N3OS. The molecular weight excluding hydrogens is 294 g/mol. The first-order valence-corrected chi connectivity index (χ1v) is 9.33. The van der Waals surface area contributed by atoms with Crippen molar-refractivity contribution in [3.05, 3.63) is 30.3 Å². The largest absolute Gasteiger partial charge is 0.371 e. The van der Waals surface area contributed by atoms with Crippen molar-refractivity contribution in [1.82, 2.24) is 10.2 Å². The van der Waals surface area contributed by atoms with Crippen molar-refractivity contribution in [2.75, 3.05) is 55.7 Å². The van der Waals surface area contributed by atoms with Crippen molar-refractivity contribution in [1.29, 1.82) is 0 Å². The third-order valence-corrected chi connectivity index (χ3v) is 5.41. The summed E-state index contributed by atoms with van der Waals surface area (Å²) in [4.78, 5) is 16.7. The predicted molar refractivity (Wildman–Crippen MR) is 93.5 cm³/mol. The van der Waals surface area contributed by atoms with Crippen LogP contribution < -0.4 is 10.2 Å². The van der Waals surface area contributed by atoms with E-state index in [9.17, 15) is 4.79 Å². The van der Waals surface area contributed by atoms with E-state index in [4.69, 9.17) is 0 Å². The molecule has 0 radical (unpaired) electrons. The van der Waals surface area contributed by atoms with Crippen LogP contribution in [0.25, 0.3) is 0 Å². The highest BCUT2D eigenvalue weighted by molar-refractivity contribution is 7.99. The Morgan fingerprint density at radius 3 is 2.73 bits per heavy atom. The second kappa shape index (κ2) is 7.88. The van der Waals surface area contributed by atoms with Crippen molar-refractivity contribution in [3.8, 4) is 0 Å². The monoisotopic (exact) mass is 319 g/mol. The Morgan fingerprint density at radius 2 is 1.95 bits per heavy atom. The van der Waals surface area contributed by atoms with Gasteiger partial charge in [-0.3, -0.25) is 9.69 Å². The molecule has 0 spiro atoms. The number of hydrogen-bond acceptors (Lipinski definition) is 4. The summed E-state index contributed by atoms with van der Waals surface area (Å²) < 4.78 is 0. The molecule has 1 aromatic carbocycles. The van der Waals surface area contributed by atoms with Gasteiger partial charge in [-0.1, -0.05) is 18.2 Å². The summed E-state index contributed by atoms with van der Waals surface area (Å²) in [5.74, 6) is 3.07. The van der Waals surface area contributed by atoms with Crippen LogP contribution in [0.4, 0.5) is 5.69 Å². The van der Waals surface area contributed by atoms with Gasteiger partial charge in [-0.05, 0) is 24.5 Å². The summed E-state index contributed by atoms with van der Waals surface area (Å²) in [6.45, 7) is 5.60. The van der Waals surface area contributed by atoms with Gasteiger partial charge in [0.25, 0.3) is 0 Å². The minimum Gasteiger partial charge on any atom is -0.371 e. The zero-order valence-corrected chi connectivity index (χ0v) is 13.9. The van der Waals surface area contributed by atoms with Crippen LogP contribution in [0.1, 0.15) is 6.42 Å². The predicted octanol–water partition coefficient (Wildman–Crippen LogP) is 1.68. The number of carbonyl (C=O) groups excluding carboxylic acids is 1. The number of nitrogens with one attached hydrogen (secondary N) is 1. The number of para-hydroxylation sites is 1. The van der Waals surface area contributed by atoms with Crippen molar-refractivity contribution in [3.63, 3.8) is 0 Å². The van der Waals surface area contributed by atoms with Crippen molar-refractivity contribution in [2.24, 2.45) is 5.92 Å². The lowest BCUT2D eigenvalue weighted by atomic mass is 10.1. The molecule has 0 aliphatic carbocycles. The zero-order valence-electron chi connectivity index (χ0n) is 13.0. The first kappa shape index (κ1) is 15.7. The third-order valence-electron chi connectivity index (χ3n) is 4.47. The van der Waals surface area contributed by atoms with E-state index in [1.807, 2.05) is 11.8 Å². The smallest absolute Gasteiger partial charge is 0.234 e. The SMILES string of the molecule is O=C(CN1CCSCC1)NCC1CCN(c2ccccc2)C1. The highest BCUT2D eigenvalue weighted by Gasteiger charge is 2.23. The van der Waals surface area contributed by atoms with Gasteiger partial charge in [0.05, 0.1) is 6.54 Å². The van der Waals surface area contributed by atoms with Crippen molar-refractivity contribution < 1.29 is 4.79 Å². The maximum Gasteiger partial charge on any atom is 0.234 e. The van der Waals surface area contributed by atoms with Crippen LogP contribution in [0, 0.1) is 5.92 Å². The number of benzene rings is 1. The average molecular weight is 319 g/mol. The van der Waals surface area contributed by atoms with Gasteiger partial charge < -0.3 is 10.2 Å². The summed E-state index contributed by atoms with van der Waals surface area (Å²) >= 11 is 1.98. The molecule has 0 saturated carbocycles. The molecule has 22 heavy (non-hydrogen) atoms. The fraction of sp³-hybridized carbons (Fsp3) is 0.588. The number of anilines is 1. The highest BCUT2D eigenvalue weighted by atomic mass is 32.2. The van der Waals surface area contributed by atoms with Crippen LogP contribution in [0.3, 0.4) is 0 Å². The van der Waals surface area contributed by atoms with Gasteiger partial charge in [0, 0.05) is 49.9 Å². The average Bonchev–Trinajstić information content (AvgIpc) is 3.04. The molecule has 1 unspecified atom stereocenters.